The Labute approximate surface area is 149 Å². The molecule has 4 nitrogen and oxygen atoms in total. The van der Waals surface area contributed by atoms with Crippen LogP contribution in [0.5, 0.6) is 0 Å². The molecule has 3 rings (SSSR count). The molecule has 0 radical (unpaired) electrons. The van der Waals surface area contributed by atoms with Crippen molar-refractivity contribution in [2.45, 2.75) is 10.9 Å². The van der Waals surface area contributed by atoms with Crippen molar-refractivity contribution in [2.75, 3.05) is 0 Å². The highest BCUT2D eigenvalue weighted by Gasteiger charge is 2.04. The number of nitrogens with zero attached hydrogens (tertiary/aromatic N) is 4. The first-order valence-electron chi connectivity index (χ1n) is 7.34. The molecule has 0 bridgehead atoms. The molecular formula is C18H15ClN4S. The lowest BCUT2D eigenvalue weighted by atomic mass is 10.2. The van der Waals surface area contributed by atoms with E-state index < -0.39 is 0 Å². The summed E-state index contributed by atoms with van der Waals surface area (Å²) in [5.74, 6) is 0.783. The lowest BCUT2D eigenvalue weighted by Crippen LogP contribution is -1.91. The van der Waals surface area contributed by atoms with E-state index in [1.165, 1.54) is 5.56 Å². The fraction of sp³-hybridized carbons (Fsp3) is 0.0556. The summed E-state index contributed by atoms with van der Waals surface area (Å²) >= 11 is 7.47. The van der Waals surface area contributed by atoms with E-state index in [0.717, 1.165) is 21.5 Å². The smallest absolute Gasteiger partial charge is 0.195 e. The molecule has 0 N–H and O–H groups in total. The molecule has 2 aromatic carbocycles. The van der Waals surface area contributed by atoms with Crippen LogP contribution in [-0.2, 0) is 5.75 Å². The second-order valence-corrected chi connectivity index (χ2v) is 6.29. The monoisotopic (exact) mass is 354 g/mol. The fourth-order valence-corrected chi connectivity index (χ4v) is 2.90. The van der Waals surface area contributed by atoms with Crippen LogP contribution in [0, 0.1) is 0 Å². The van der Waals surface area contributed by atoms with Gasteiger partial charge in [0.05, 0.1) is 0 Å². The molecule has 120 valence electrons. The topological polar surface area (TPSA) is 43.1 Å². The molecular weight excluding hydrogens is 340 g/mol. The molecule has 0 amide bonds. The van der Waals surface area contributed by atoms with Gasteiger partial charge in [-0.25, -0.2) is 0 Å². The molecule has 1 heterocycles. The maximum atomic E-state index is 5.89. The van der Waals surface area contributed by atoms with Gasteiger partial charge in [0.25, 0.3) is 0 Å². The van der Waals surface area contributed by atoms with Crippen LogP contribution in [-0.4, -0.2) is 21.1 Å². The van der Waals surface area contributed by atoms with Crippen LogP contribution in [0.2, 0.25) is 5.02 Å². The molecule has 0 aliphatic heterocycles. The number of hydrogen-bond donors (Lipinski definition) is 0. The largest absolute Gasteiger partial charge is 0.212 e. The van der Waals surface area contributed by atoms with Crippen LogP contribution in [0.25, 0.3) is 6.08 Å². The Morgan fingerprint density at radius 2 is 1.88 bits per heavy atom. The molecule has 0 saturated carbocycles. The predicted octanol–water partition coefficient (Wildman–Crippen LogP) is 4.77. The molecule has 0 aliphatic rings. The van der Waals surface area contributed by atoms with Gasteiger partial charge in [-0.3, -0.25) is 0 Å². The van der Waals surface area contributed by atoms with E-state index in [0.29, 0.717) is 0 Å². The standard InChI is InChI=1S/C18H15ClN4S/c19-17-10-8-16(9-11-17)13-24-18-22-20-14-23(18)21-12-4-7-15-5-2-1-3-6-15/h1-12,14H,13H2/b7-4+,21-12-. The fourth-order valence-electron chi connectivity index (χ4n) is 1.95. The van der Waals surface area contributed by atoms with Crippen molar-refractivity contribution in [2.24, 2.45) is 5.10 Å². The van der Waals surface area contributed by atoms with Crippen LogP contribution < -0.4 is 0 Å². The van der Waals surface area contributed by atoms with Gasteiger partial charge in [-0.1, -0.05) is 71.9 Å². The van der Waals surface area contributed by atoms with Crippen molar-refractivity contribution >= 4 is 35.7 Å². The summed E-state index contributed by atoms with van der Waals surface area (Å²) in [6, 6.07) is 17.8. The Bertz CT molecular complexity index is 826. The maximum Gasteiger partial charge on any atom is 0.212 e. The van der Waals surface area contributed by atoms with E-state index in [4.69, 9.17) is 11.6 Å². The van der Waals surface area contributed by atoms with Crippen molar-refractivity contribution in [3.8, 4) is 0 Å². The molecule has 0 spiro atoms. The average Bonchev–Trinajstić information content (AvgIpc) is 3.07. The number of benzene rings is 2. The summed E-state index contributed by atoms with van der Waals surface area (Å²) in [6.45, 7) is 0. The number of hydrogen-bond acceptors (Lipinski definition) is 4. The molecule has 0 unspecified atom stereocenters. The van der Waals surface area contributed by atoms with E-state index in [-0.39, 0.29) is 0 Å². The zero-order chi connectivity index (χ0) is 16.6. The first-order valence-corrected chi connectivity index (χ1v) is 8.71. The zero-order valence-electron chi connectivity index (χ0n) is 12.8. The molecule has 24 heavy (non-hydrogen) atoms. The van der Waals surface area contributed by atoms with Crippen LogP contribution in [0.3, 0.4) is 0 Å². The average molecular weight is 355 g/mol. The minimum atomic E-state index is 0.738. The van der Waals surface area contributed by atoms with Crippen LogP contribution in [0.4, 0.5) is 0 Å². The molecule has 1 aromatic heterocycles. The third-order valence-corrected chi connectivity index (χ3v) is 4.40. The molecule has 0 fully saturated rings. The van der Waals surface area contributed by atoms with E-state index >= 15 is 0 Å². The Morgan fingerprint density at radius 3 is 2.67 bits per heavy atom. The Kier molecular flexibility index (Phi) is 5.82. The highest BCUT2D eigenvalue weighted by atomic mass is 35.5. The van der Waals surface area contributed by atoms with Gasteiger partial charge in [-0.05, 0) is 29.3 Å². The second kappa shape index (κ2) is 8.47. The van der Waals surface area contributed by atoms with Crippen molar-refractivity contribution in [1.29, 1.82) is 0 Å². The van der Waals surface area contributed by atoms with Gasteiger partial charge in [0.15, 0.2) is 0 Å². The first kappa shape index (κ1) is 16.5. The number of aromatic nitrogens is 3. The van der Waals surface area contributed by atoms with Crippen LogP contribution >= 0.6 is 23.4 Å². The second-order valence-electron chi connectivity index (χ2n) is 4.91. The van der Waals surface area contributed by atoms with E-state index in [1.54, 1.807) is 29.0 Å². The summed E-state index contributed by atoms with van der Waals surface area (Å²) < 4.78 is 1.66. The van der Waals surface area contributed by atoms with Crippen molar-refractivity contribution in [1.82, 2.24) is 14.9 Å². The third-order valence-electron chi connectivity index (χ3n) is 3.15. The van der Waals surface area contributed by atoms with Gasteiger partial charge >= 0.3 is 0 Å². The number of rotatable bonds is 6. The molecule has 3 aromatic rings. The summed E-state index contributed by atoms with van der Waals surface area (Å²) in [4.78, 5) is 0. The normalized spacial score (nSPS) is 11.5. The lowest BCUT2D eigenvalue weighted by molar-refractivity contribution is 0.767. The summed E-state index contributed by atoms with van der Waals surface area (Å²) in [7, 11) is 0. The first-order chi connectivity index (χ1) is 11.8. The zero-order valence-corrected chi connectivity index (χ0v) is 14.4. The van der Waals surface area contributed by atoms with Gasteiger partial charge < -0.3 is 0 Å². The SMILES string of the molecule is Clc1ccc(CSc2nncn2/N=C\C=C\c2ccccc2)cc1. The van der Waals surface area contributed by atoms with E-state index in [9.17, 15) is 0 Å². The van der Waals surface area contributed by atoms with Gasteiger partial charge in [-0.2, -0.15) is 9.78 Å². The molecule has 0 atom stereocenters. The van der Waals surface area contributed by atoms with E-state index in [1.807, 2.05) is 66.7 Å². The number of thioether (sulfide) groups is 1. The van der Waals surface area contributed by atoms with Gasteiger partial charge in [0.1, 0.15) is 6.33 Å². The van der Waals surface area contributed by atoms with Crippen LogP contribution in [0.15, 0.2) is 77.3 Å². The van der Waals surface area contributed by atoms with Gasteiger partial charge in [0, 0.05) is 17.0 Å². The summed E-state index contributed by atoms with van der Waals surface area (Å²) in [5, 5.41) is 13.8. The highest BCUT2D eigenvalue weighted by molar-refractivity contribution is 7.98. The maximum absolute atomic E-state index is 5.89. The van der Waals surface area contributed by atoms with Crippen molar-refractivity contribution in [3.05, 3.63) is 83.2 Å². The summed E-state index contributed by atoms with van der Waals surface area (Å²) in [6.07, 6.45) is 7.21. The minimum Gasteiger partial charge on any atom is -0.195 e. The molecule has 0 aliphatic carbocycles. The van der Waals surface area contributed by atoms with Gasteiger partial charge in [-0.15, -0.1) is 10.2 Å². The van der Waals surface area contributed by atoms with Gasteiger partial charge in [0.2, 0.25) is 5.16 Å². The van der Waals surface area contributed by atoms with E-state index in [2.05, 4.69) is 15.3 Å². The third kappa shape index (κ3) is 4.81. The quantitative estimate of drug-likeness (QED) is 0.473. The summed E-state index contributed by atoms with van der Waals surface area (Å²) in [5.41, 5.74) is 2.30. The molecule has 0 saturated heterocycles. The lowest BCUT2D eigenvalue weighted by Gasteiger charge is -2.01. The van der Waals surface area contributed by atoms with Crippen molar-refractivity contribution in [3.63, 3.8) is 0 Å². The van der Waals surface area contributed by atoms with Crippen LogP contribution in [0.1, 0.15) is 11.1 Å². The molecule has 6 heteroatoms. The Hall–Kier alpha value is -2.37. The minimum absolute atomic E-state index is 0.738. The number of allylic oxidation sites excluding steroid dienone is 1. The van der Waals surface area contributed by atoms with Crippen molar-refractivity contribution < 1.29 is 0 Å². The predicted molar refractivity (Wildman–Crippen MR) is 100 cm³/mol. The number of halogens is 1. The Morgan fingerprint density at radius 1 is 1.08 bits per heavy atom. The Balaban J connectivity index is 1.59. The highest BCUT2D eigenvalue weighted by Crippen LogP contribution is 2.21.